The summed E-state index contributed by atoms with van der Waals surface area (Å²) >= 11 is 0. The van der Waals surface area contributed by atoms with Gasteiger partial charge in [-0.25, -0.2) is 0 Å². The largest absolute Gasteiger partial charge is 0.335 e. The fourth-order valence-electron chi connectivity index (χ4n) is 4.02. The molecule has 0 aliphatic carbocycles. The van der Waals surface area contributed by atoms with E-state index in [0.29, 0.717) is 19.0 Å². The number of carbonyl (C=O) groups is 1. The molecule has 144 valence electrons. The van der Waals surface area contributed by atoms with Gasteiger partial charge >= 0.3 is 0 Å². The molecule has 1 aliphatic rings. The number of hydrogen-bond donors (Lipinski definition) is 0. The van der Waals surface area contributed by atoms with Crippen LogP contribution >= 0.6 is 0 Å². The Kier molecular flexibility index (Phi) is 6.62. The average Bonchev–Trinajstić information content (AvgIpc) is 2.65. The van der Waals surface area contributed by atoms with Crippen molar-refractivity contribution >= 4 is 5.91 Å². The van der Waals surface area contributed by atoms with Crippen LogP contribution in [0.3, 0.4) is 0 Å². The molecule has 4 nitrogen and oxygen atoms in total. The Hall–Kier alpha value is -2.20. The van der Waals surface area contributed by atoms with Crippen molar-refractivity contribution in [3.05, 3.63) is 65.0 Å². The topological polar surface area (TPSA) is 36.4 Å². The van der Waals surface area contributed by atoms with Gasteiger partial charge in [0, 0.05) is 31.4 Å². The van der Waals surface area contributed by atoms with Crippen LogP contribution in [-0.2, 0) is 17.8 Å². The van der Waals surface area contributed by atoms with E-state index in [1.54, 1.807) is 0 Å². The first kappa shape index (κ1) is 19.6. The lowest BCUT2D eigenvalue weighted by Crippen LogP contribution is -2.46. The Balaban J connectivity index is 1.69. The Morgan fingerprint density at radius 3 is 2.33 bits per heavy atom. The number of benzene rings is 1. The Bertz CT molecular complexity index is 731. The molecular weight excluding hydrogens is 334 g/mol. The Morgan fingerprint density at radius 2 is 1.70 bits per heavy atom. The summed E-state index contributed by atoms with van der Waals surface area (Å²) in [5.41, 5.74) is 4.94. The number of aromatic nitrogens is 1. The summed E-state index contributed by atoms with van der Waals surface area (Å²) in [5.74, 6) is 0.264. The Labute approximate surface area is 163 Å². The highest BCUT2D eigenvalue weighted by Crippen LogP contribution is 2.20. The maximum absolute atomic E-state index is 13.2. The molecule has 1 aliphatic heterocycles. The summed E-state index contributed by atoms with van der Waals surface area (Å²) < 4.78 is 0. The molecule has 0 spiro atoms. The van der Waals surface area contributed by atoms with Crippen molar-refractivity contribution in [1.29, 1.82) is 0 Å². The van der Waals surface area contributed by atoms with Crippen LogP contribution in [0.2, 0.25) is 0 Å². The molecule has 1 aromatic carbocycles. The normalized spacial score (nSPS) is 15.7. The van der Waals surface area contributed by atoms with Crippen molar-refractivity contribution in [2.45, 2.75) is 52.1 Å². The maximum Gasteiger partial charge on any atom is 0.223 e. The number of nitrogens with zero attached hydrogens (tertiary/aromatic N) is 3. The molecular formula is C23H31N3O. The van der Waals surface area contributed by atoms with Crippen molar-refractivity contribution in [2.24, 2.45) is 0 Å². The van der Waals surface area contributed by atoms with Gasteiger partial charge in [-0.15, -0.1) is 0 Å². The van der Waals surface area contributed by atoms with Gasteiger partial charge < -0.3 is 9.80 Å². The Morgan fingerprint density at radius 1 is 1.07 bits per heavy atom. The average molecular weight is 366 g/mol. The predicted octanol–water partition coefficient (Wildman–Crippen LogP) is 3.75. The van der Waals surface area contributed by atoms with E-state index < -0.39 is 0 Å². The molecule has 4 heteroatoms. The number of piperidine rings is 1. The van der Waals surface area contributed by atoms with E-state index in [1.165, 1.54) is 16.7 Å². The first-order valence-corrected chi connectivity index (χ1v) is 9.95. The lowest BCUT2D eigenvalue weighted by molar-refractivity contribution is -0.135. The highest BCUT2D eigenvalue weighted by Gasteiger charge is 2.26. The SMILES string of the molecule is Cc1cc(C)cc(CCC(=O)N(Cc2ccncc2)C2CCN(C)CC2)c1. The van der Waals surface area contributed by atoms with E-state index in [4.69, 9.17) is 0 Å². The zero-order valence-corrected chi connectivity index (χ0v) is 16.8. The first-order chi connectivity index (χ1) is 13.0. The minimum absolute atomic E-state index is 0.264. The molecule has 27 heavy (non-hydrogen) atoms. The second-order valence-electron chi connectivity index (χ2n) is 7.91. The summed E-state index contributed by atoms with van der Waals surface area (Å²) in [7, 11) is 2.16. The lowest BCUT2D eigenvalue weighted by Gasteiger charge is -2.37. The van der Waals surface area contributed by atoms with Crippen LogP contribution in [0.4, 0.5) is 0 Å². The predicted molar refractivity (Wildman–Crippen MR) is 110 cm³/mol. The number of hydrogen-bond acceptors (Lipinski definition) is 3. The van der Waals surface area contributed by atoms with Gasteiger partial charge in [0.05, 0.1) is 0 Å². The van der Waals surface area contributed by atoms with Crippen LogP contribution in [0.5, 0.6) is 0 Å². The smallest absolute Gasteiger partial charge is 0.223 e. The van der Waals surface area contributed by atoms with Gasteiger partial charge in [-0.3, -0.25) is 9.78 Å². The van der Waals surface area contributed by atoms with E-state index in [1.807, 2.05) is 24.5 Å². The van der Waals surface area contributed by atoms with Crippen LogP contribution in [0.1, 0.15) is 41.5 Å². The third-order valence-electron chi connectivity index (χ3n) is 5.46. The third-order valence-corrected chi connectivity index (χ3v) is 5.46. The van der Waals surface area contributed by atoms with Crippen LogP contribution in [0.25, 0.3) is 0 Å². The number of pyridine rings is 1. The van der Waals surface area contributed by atoms with Gasteiger partial charge in [0.25, 0.3) is 0 Å². The highest BCUT2D eigenvalue weighted by molar-refractivity contribution is 5.77. The second kappa shape index (κ2) is 9.14. The zero-order valence-electron chi connectivity index (χ0n) is 16.8. The van der Waals surface area contributed by atoms with Gasteiger partial charge in [-0.2, -0.15) is 0 Å². The molecule has 0 bridgehead atoms. The van der Waals surface area contributed by atoms with Crippen LogP contribution < -0.4 is 0 Å². The van der Waals surface area contributed by atoms with Crippen LogP contribution in [-0.4, -0.2) is 46.9 Å². The van der Waals surface area contributed by atoms with E-state index in [9.17, 15) is 4.79 Å². The van der Waals surface area contributed by atoms with Gasteiger partial charge in [-0.1, -0.05) is 29.3 Å². The molecule has 0 atom stereocenters. The molecule has 1 amide bonds. The molecule has 2 heterocycles. The van der Waals surface area contributed by atoms with E-state index in [-0.39, 0.29) is 5.91 Å². The van der Waals surface area contributed by atoms with E-state index in [0.717, 1.165) is 37.9 Å². The molecule has 1 saturated heterocycles. The molecule has 3 rings (SSSR count). The third kappa shape index (κ3) is 5.64. The summed E-state index contributed by atoms with van der Waals surface area (Å²) in [6.45, 7) is 7.03. The standard InChI is InChI=1S/C23H31N3O/c1-18-14-19(2)16-21(15-18)4-5-23(27)26(17-20-6-10-24-11-7-20)22-8-12-25(3)13-9-22/h6-7,10-11,14-16,22H,4-5,8-9,12-13,17H2,1-3H3. The molecule has 0 N–H and O–H groups in total. The van der Waals surface area contributed by atoms with Crippen molar-refractivity contribution in [2.75, 3.05) is 20.1 Å². The van der Waals surface area contributed by atoms with Crippen molar-refractivity contribution in [3.63, 3.8) is 0 Å². The number of aryl methyl sites for hydroxylation is 3. The summed E-state index contributed by atoms with van der Waals surface area (Å²) in [6.07, 6.45) is 7.10. The minimum Gasteiger partial charge on any atom is -0.335 e. The number of carbonyl (C=O) groups excluding carboxylic acids is 1. The van der Waals surface area contributed by atoms with E-state index >= 15 is 0 Å². The molecule has 2 aromatic rings. The van der Waals surface area contributed by atoms with Gasteiger partial charge in [-0.05, 0) is 76.5 Å². The van der Waals surface area contributed by atoms with Crippen LogP contribution in [0, 0.1) is 13.8 Å². The van der Waals surface area contributed by atoms with Crippen molar-refractivity contribution in [1.82, 2.24) is 14.8 Å². The second-order valence-corrected chi connectivity index (χ2v) is 7.91. The lowest BCUT2D eigenvalue weighted by atomic mass is 10.00. The molecule has 0 saturated carbocycles. The van der Waals surface area contributed by atoms with Crippen LogP contribution in [0.15, 0.2) is 42.7 Å². The minimum atomic E-state index is 0.264. The highest BCUT2D eigenvalue weighted by atomic mass is 16.2. The quantitative estimate of drug-likeness (QED) is 0.782. The summed E-state index contributed by atoms with van der Waals surface area (Å²) in [4.78, 5) is 21.7. The molecule has 1 aromatic heterocycles. The van der Waals surface area contributed by atoms with Gasteiger partial charge in [0.2, 0.25) is 5.91 Å². The molecule has 0 unspecified atom stereocenters. The van der Waals surface area contributed by atoms with E-state index in [2.05, 4.69) is 53.9 Å². The number of amides is 1. The van der Waals surface area contributed by atoms with Gasteiger partial charge in [0.15, 0.2) is 0 Å². The monoisotopic (exact) mass is 365 g/mol. The molecule has 0 radical (unpaired) electrons. The van der Waals surface area contributed by atoms with Crippen molar-refractivity contribution in [3.8, 4) is 0 Å². The summed E-state index contributed by atoms with van der Waals surface area (Å²) in [5, 5.41) is 0. The number of likely N-dealkylation sites (tertiary alicyclic amines) is 1. The fraction of sp³-hybridized carbons (Fsp3) is 0.478. The van der Waals surface area contributed by atoms with Crippen molar-refractivity contribution < 1.29 is 4.79 Å². The van der Waals surface area contributed by atoms with Gasteiger partial charge in [0.1, 0.15) is 0 Å². The number of rotatable bonds is 6. The zero-order chi connectivity index (χ0) is 19.2. The fourth-order valence-corrected chi connectivity index (χ4v) is 4.02. The maximum atomic E-state index is 13.2. The summed E-state index contributed by atoms with van der Waals surface area (Å²) in [6, 6.07) is 10.9. The first-order valence-electron chi connectivity index (χ1n) is 9.95. The molecule has 1 fully saturated rings.